The number of aryl methyl sites for hydroxylation is 1. The molecule has 2 aliphatic rings. The highest BCUT2D eigenvalue weighted by molar-refractivity contribution is 7.79. The third kappa shape index (κ3) is 7.02. The predicted molar refractivity (Wildman–Crippen MR) is 154 cm³/mol. The van der Waals surface area contributed by atoms with Crippen molar-refractivity contribution in [3.63, 3.8) is 0 Å². The Hall–Kier alpha value is -2.86. The van der Waals surface area contributed by atoms with Crippen molar-refractivity contribution in [2.24, 2.45) is 0 Å². The zero-order valence-electron chi connectivity index (χ0n) is 22.1. The summed E-state index contributed by atoms with van der Waals surface area (Å²) in [5, 5.41) is 10.0. The predicted octanol–water partition coefficient (Wildman–Crippen LogP) is 3.02. The van der Waals surface area contributed by atoms with E-state index < -0.39 is 17.0 Å². The Bertz CT molecular complexity index is 1330. The van der Waals surface area contributed by atoms with E-state index in [1.807, 2.05) is 6.07 Å². The molecule has 208 valence electrons. The Morgan fingerprint density at radius 1 is 1.13 bits per heavy atom. The second kappa shape index (κ2) is 13.0. The number of carbonyl (C=O) groups is 1. The highest BCUT2D eigenvalue weighted by atomic mass is 32.2. The molecule has 1 amide bonds. The molecule has 0 saturated carbocycles. The number of H-pyrrole nitrogens is 1. The average Bonchev–Trinajstić information content (AvgIpc) is 3.56. The van der Waals surface area contributed by atoms with Gasteiger partial charge in [-0.25, -0.2) is 9.69 Å². The number of aromatic amines is 1. The Morgan fingerprint density at radius 3 is 2.72 bits per heavy atom. The van der Waals surface area contributed by atoms with Gasteiger partial charge in [0.05, 0.1) is 0 Å². The van der Waals surface area contributed by atoms with Gasteiger partial charge in [-0.15, -0.1) is 0 Å². The minimum absolute atomic E-state index is 0.227. The first-order valence-corrected chi connectivity index (χ1v) is 14.8. The van der Waals surface area contributed by atoms with Crippen LogP contribution in [0, 0.1) is 0 Å². The molecule has 10 heteroatoms. The summed E-state index contributed by atoms with van der Waals surface area (Å²) in [6.07, 6.45) is 8.21. The second-order valence-corrected chi connectivity index (χ2v) is 11.3. The van der Waals surface area contributed by atoms with Gasteiger partial charge in [-0.3, -0.25) is 24.7 Å². The van der Waals surface area contributed by atoms with E-state index in [1.165, 1.54) is 33.7 Å². The maximum Gasteiger partial charge on any atom is 0.267 e. The summed E-state index contributed by atoms with van der Waals surface area (Å²) in [7, 11) is 0. The fourth-order valence-electron chi connectivity index (χ4n) is 5.90. The normalized spacial score (nSPS) is 19.2. The third-order valence-corrected chi connectivity index (χ3v) is 8.58. The van der Waals surface area contributed by atoms with E-state index in [-0.39, 0.29) is 5.88 Å². The van der Waals surface area contributed by atoms with Crippen LogP contribution in [0.25, 0.3) is 17.0 Å². The largest absolute Gasteiger partial charge is 0.361 e. The highest BCUT2D eigenvalue weighted by Gasteiger charge is 2.29. The van der Waals surface area contributed by atoms with E-state index in [0.29, 0.717) is 6.04 Å². The molecule has 3 aromatic rings. The number of fused-ring (bicyclic) bond motifs is 2. The number of nitrogens with zero attached hydrogens (tertiary/aromatic N) is 3. The molecule has 1 aliphatic carbocycles. The van der Waals surface area contributed by atoms with E-state index in [0.717, 1.165) is 70.6 Å². The molecule has 0 spiro atoms. The van der Waals surface area contributed by atoms with E-state index in [1.54, 1.807) is 11.6 Å². The lowest BCUT2D eigenvalue weighted by molar-refractivity contribution is -0.124. The third-order valence-electron chi connectivity index (χ3n) is 8.00. The van der Waals surface area contributed by atoms with Gasteiger partial charge in [-0.2, -0.15) is 0 Å². The molecule has 1 saturated heterocycles. The summed E-state index contributed by atoms with van der Waals surface area (Å²) < 4.78 is 20.4. The zero-order valence-corrected chi connectivity index (χ0v) is 22.9. The molecular weight excluding hydrogens is 514 g/mol. The topological polar surface area (TPSA) is 112 Å². The van der Waals surface area contributed by atoms with Crippen molar-refractivity contribution in [2.75, 3.05) is 51.7 Å². The number of hydroxylamine groups is 1. The van der Waals surface area contributed by atoms with Crippen LogP contribution in [0.5, 0.6) is 0 Å². The maximum absolute atomic E-state index is 11.4. The average molecular weight is 552 g/mol. The molecule has 1 aromatic heterocycles. The molecule has 9 nitrogen and oxygen atoms in total. The number of carbonyl (C=O) groups excluding carboxylic acids is 1. The van der Waals surface area contributed by atoms with Crippen LogP contribution < -0.4 is 5.48 Å². The fourth-order valence-corrected chi connectivity index (χ4v) is 6.47. The standard InChI is InChI=1S/C29H37N5O4S/c35-29(31-36)10-6-22-5-8-26-23(19-22)7-9-28(26)34(12-11-24-20-30-27-4-2-1-3-25(24)27)18-17-32-13-15-33(16-14-32)21-39(37)38/h1-6,8,10,19-20,28,30,36H,7,9,11-18,21H2,(H,31,35)(H,37,38). The summed E-state index contributed by atoms with van der Waals surface area (Å²) in [5.41, 5.74) is 7.75. The van der Waals surface area contributed by atoms with Gasteiger partial charge in [0.2, 0.25) is 0 Å². The molecule has 1 aliphatic heterocycles. The van der Waals surface area contributed by atoms with Crippen LogP contribution in [-0.2, 0) is 28.7 Å². The molecule has 5 rings (SSSR count). The minimum Gasteiger partial charge on any atom is -0.361 e. The maximum atomic E-state index is 11.4. The van der Waals surface area contributed by atoms with Crippen molar-refractivity contribution in [3.05, 3.63) is 77.0 Å². The van der Waals surface area contributed by atoms with Gasteiger partial charge in [0.25, 0.3) is 5.91 Å². The Balaban J connectivity index is 1.28. The van der Waals surface area contributed by atoms with Crippen molar-refractivity contribution >= 4 is 34.0 Å². The van der Waals surface area contributed by atoms with Gasteiger partial charge in [-0.1, -0.05) is 36.4 Å². The van der Waals surface area contributed by atoms with Crippen LogP contribution in [-0.4, -0.2) is 91.2 Å². The molecule has 2 aromatic carbocycles. The molecule has 1 fully saturated rings. The molecule has 0 radical (unpaired) electrons. The SMILES string of the molecule is O=C(C=Cc1ccc2c(c1)CCC2N(CCc1c[nH]c2ccccc12)CCN1CCN(CS(=O)O)CC1)NO. The van der Waals surface area contributed by atoms with Crippen LogP contribution in [0.4, 0.5) is 0 Å². The number of amides is 1. The molecule has 39 heavy (non-hydrogen) atoms. The summed E-state index contributed by atoms with van der Waals surface area (Å²) in [5.74, 6) is -0.312. The van der Waals surface area contributed by atoms with Crippen LogP contribution in [0.15, 0.2) is 54.7 Å². The van der Waals surface area contributed by atoms with Crippen LogP contribution in [0.1, 0.15) is 34.7 Å². The van der Waals surface area contributed by atoms with Gasteiger partial charge < -0.3 is 9.54 Å². The molecular formula is C29H37N5O4S. The fraction of sp³-hybridized carbons (Fsp3) is 0.414. The van der Waals surface area contributed by atoms with Crippen LogP contribution >= 0.6 is 0 Å². The molecule has 2 atom stereocenters. The molecule has 4 N–H and O–H groups in total. The summed E-state index contributed by atoms with van der Waals surface area (Å²) in [4.78, 5) is 21.9. The number of hydrogen-bond acceptors (Lipinski definition) is 6. The highest BCUT2D eigenvalue weighted by Crippen LogP contribution is 2.37. The van der Waals surface area contributed by atoms with Crippen molar-refractivity contribution < 1.29 is 18.8 Å². The van der Waals surface area contributed by atoms with Gasteiger partial charge in [0, 0.05) is 75.0 Å². The van der Waals surface area contributed by atoms with Crippen molar-refractivity contribution in [2.45, 2.75) is 25.3 Å². The lowest BCUT2D eigenvalue weighted by Gasteiger charge is -2.36. The van der Waals surface area contributed by atoms with Gasteiger partial charge in [0.15, 0.2) is 11.1 Å². The number of benzene rings is 2. The summed E-state index contributed by atoms with van der Waals surface area (Å²) in [6, 6.07) is 15.2. The molecule has 0 bridgehead atoms. The van der Waals surface area contributed by atoms with E-state index >= 15 is 0 Å². The van der Waals surface area contributed by atoms with Gasteiger partial charge >= 0.3 is 0 Å². The van der Waals surface area contributed by atoms with Crippen LogP contribution in [0.2, 0.25) is 0 Å². The number of nitrogens with one attached hydrogen (secondary N) is 2. The number of aromatic nitrogens is 1. The number of hydrogen-bond donors (Lipinski definition) is 4. The Kier molecular flexibility index (Phi) is 9.23. The first-order valence-electron chi connectivity index (χ1n) is 13.6. The minimum atomic E-state index is -1.78. The van der Waals surface area contributed by atoms with Crippen molar-refractivity contribution in [3.8, 4) is 0 Å². The Labute approximate surface area is 231 Å². The first kappa shape index (κ1) is 27.7. The number of rotatable bonds is 11. The lowest BCUT2D eigenvalue weighted by atomic mass is 10.0. The monoisotopic (exact) mass is 551 g/mol. The van der Waals surface area contributed by atoms with Gasteiger partial charge in [0.1, 0.15) is 5.88 Å². The van der Waals surface area contributed by atoms with E-state index in [2.05, 4.69) is 62.3 Å². The molecule has 2 unspecified atom stereocenters. The van der Waals surface area contributed by atoms with E-state index in [4.69, 9.17) is 5.21 Å². The lowest BCUT2D eigenvalue weighted by Crippen LogP contribution is -2.49. The van der Waals surface area contributed by atoms with Crippen molar-refractivity contribution in [1.29, 1.82) is 0 Å². The van der Waals surface area contributed by atoms with Crippen molar-refractivity contribution in [1.82, 2.24) is 25.2 Å². The second-order valence-electron chi connectivity index (χ2n) is 10.4. The smallest absolute Gasteiger partial charge is 0.267 e. The van der Waals surface area contributed by atoms with Gasteiger partial charge in [-0.05, 0) is 53.7 Å². The quantitative estimate of drug-likeness (QED) is 0.125. The first-order chi connectivity index (χ1) is 19.0. The summed E-state index contributed by atoms with van der Waals surface area (Å²) >= 11 is -1.78. The van der Waals surface area contributed by atoms with Crippen LogP contribution in [0.3, 0.4) is 0 Å². The zero-order chi connectivity index (χ0) is 27.2. The summed E-state index contributed by atoms with van der Waals surface area (Å²) in [6.45, 7) is 6.33. The number of para-hydroxylation sites is 1. The number of piperazine rings is 1. The molecule has 2 heterocycles. The van der Waals surface area contributed by atoms with E-state index in [9.17, 15) is 13.6 Å². The Morgan fingerprint density at radius 2 is 1.92 bits per heavy atom.